The molecule has 0 aliphatic carbocycles. The third kappa shape index (κ3) is 3.12. The summed E-state index contributed by atoms with van der Waals surface area (Å²) < 4.78 is 1.78. The van der Waals surface area contributed by atoms with E-state index in [1.54, 1.807) is 4.68 Å². The quantitative estimate of drug-likeness (QED) is 0.840. The van der Waals surface area contributed by atoms with Gasteiger partial charge in [0.05, 0.1) is 18.2 Å². The fraction of sp³-hybridized carbons (Fsp3) is 0.647. The predicted molar refractivity (Wildman–Crippen MR) is 89.2 cm³/mol. The molecule has 4 heterocycles. The summed E-state index contributed by atoms with van der Waals surface area (Å²) in [5.41, 5.74) is 2.03. The van der Waals surface area contributed by atoms with Gasteiger partial charge >= 0.3 is 0 Å². The lowest BCUT2D eigenvalue weighted by molar-refractivity contribution is -0.133. The second-order valence-corrected chi connectivity index (χ2v) is 7.36. The fourth-order valence-electron chi connectivity index (χ4n) is 3.63. The lowest BCUT2D eigenvalue weighted by Gasteiger charge is -2.20. The van der Waals surface area contributed by atoms with Crippen LogP contribution in [0.4, 0.5) is 0 Å². The summed E-state index contributed by atoms with van der Waals surface area (Å²) in [5.74, 6) is 1.92. The molecule has 25 heavy (non-hydrogen) atoms. The third-order valence-electron chi connectivity index (χ3n) is 4.89. The zero-order valence-corrected chi connectivity index (χ0v) is 14.7. The lowest BCUT2D eigenvalue weighted by atomic mass is 10.0. The van der Waals surface area contributed by atoms with Crippen molar-refractivity contribution in [2.24, 2.45) is 5.92 Å². The molecule has 1 amide bonds. The van der Waals surface area contributed by atoms with Crippen LogP contribution in [0.3, 0.4) is 0 Å². The molecule has 0 saturated heterocycles. The summed E-state index contributed by atoms with van der Waals surface area (Å²) in [5, 5.41) is 11.9. The number of nitrogens with zero attached hydrogens (tertiary/aromatic N) is 7. The van der Waals surface area contributed by atoms with Crippen LogP contribution >= 0.6 is 0 Å². The van der Waals surface area contributed by atoms with E-state index in [1.165, 1.54) is 0 Å². The van der Waals surface area contributed by atoms with Crippen molar-refractivity contribution in [3.05, 3.63) is 29.1 Å². The Labute approximate surface area is 146 Å². The minimum absolute atomic E-state index is 0.0985. The highest BCUT2D eigenvalue weighted by molar-refractivity contribution is 5.83. The molecule has 132 valence electrons. The second-order valence-electron chi connectivity index (χ2n) is 7.36. The zero-order valence-electron chi connectivity index (χ0n) is 14.7. The Morgan fingerprint density at radius 2 is 2.20 bits per heavy atom. The van der Waals surface area contributed by atoms with Crippen molar-refractivity contribution >= 4 is 5.91 Å². The molecule has 8 nitrogen and oxygen atoms in total. The molecule has 8 heteroatoms. The van der Waals surface area contributed by atoms with Gasteiger partial charge in [0.2, 0.25) is 5.91 Å². The van der Waals surface area contributed by atoms with E-state index < -0.39 is 0 Å². The van der Waals surface area contributed by atoms with Crippen LogP contribution in [0.25, 0.3) is 0 Å². The van der Waals surface area contributed by atoms with E-state index >= 15 is 0 Å². The van der Waals surface area contributed by atoms with Gasteiger partial charge in [-0.1, -0.05) is 20.3 Å². The van der Waals surface area contributed by atoms with E-state index in [2.05, 4.69) is 39.3 Å². The summed E-state index contributed by atoms with van der Waals surface area (Å²) in [6, 6.07) is 0. The van der Waals surface area contributed by atoms with E-state index in [4.69, 9.17) is 0 Å². The molecule has 0 aromatic carbocycles. The summed E-state index contributed by atoms with van der Waals surface area (Å²) in [4.78, 5) is 24.1. The Balaban J connectivity index is 1.53. The first-order chi connectivity index (χ1) is 12.1. The number of hydrogen-bond acceptors (Lipinski definition) is 6. The number of aryl methyl sites for hydroxylation is 1. The number of fused-ring (bicyclic) bond motifs is 2. The number of amides is 1. The number of tetrazole rings is 1. The highest BCUT2D eigenvalue weighted by atomic mass is 16.2. The summed E-state index contributed by atoms with van der Waals surface area (Å²) in [7, 11) is 0. The van der Waals surface area contributed by atoms with Gasteiger partial charge in [0.25, 0.3) is 0 Å². The molecule has 0 N–H and O–H groups in total. The van der Waals surface area contributed by atoms with Gasteiger partial charge < -0.3 is 4.90 Å². The maximum atomic E-state index is 13.1. The Bertz CT molecular complexity index is 785. The van der Waals surface area contributed by atoms with Crippen LogP contribution in [-0.2, 0) is 30.8 Å². The monoisotopic (exact) mass is 341 g/mol. The molecule has 2 aliphatic heterocycles. The Kier molecular flexibility index (Phi) is 4.19. The summed E-state index contributed by atoms with van der Waals surface area (Å²) >= 11 is 0. The summed E-state index contributed by atoms with van der Waals surface area (Å²) in [6.07, 6.45) is 5.55. The maximum Gasteiger partial charge on any atom is 0.234 e. The van der Waals surface area contributed by atoms with Crippen molar-refractivity contribution in [2.75, 3.05) is 0 Å². The average molecular weight is 341 g/mol. The molecule has 0 radical (unpaired) electrons. The zero-order chi connectivity index (χ0) is 17.4. The van der Waals surface area contributed by atoms with Crippen LogP contribution in [0, 0.1) is 5.92 Å². The molecular formula is C17H23N7O. The SMILES string of the molecule is CC(C)Cc1ncc2c(n1)CN(C(=O)C1CCCCn3nnnc31)C2. The highest BCUT2D eigenvalue weighted by Gasteiger charge is 2.34. The first kappa shape index (κ1) is 16.1. The molecule has 1 unspecified atom stereocenters. The Hall–Kier alpha value is -2.38. The van der Waals surface area contributed by atoms with Crippen molar-refractivity contribution in [2.45, 2.75) is 65.1 Å². The van der Waals surface area contributed by atoms with Crippen molar-refractivity contribution in [1.82, 2.24) is 35.1 Å². The smallest absolute Gasteiger partial charge is 0.234 e. The van der Waals surface area contributed by atoms with Gasteiger partial charge in [-0.2, -0.15) is 0 Å². The molecule has 0 saturated carbocycles. The standard InChI is InChI=1S/C17H23N7O/c1-11(2)7-15-18-8-12-9-23(10-14(12)19-15)17(25)13-5-3-4-6-24-16(13)20-21-22-24/h8,11,13H,3-7,9-10H2,1-2H3. The highest BCUT2D eigenvalue weighted by Crippen LogP contribution is 2.30. The van der Waals surface area contributed by atoms with Crippen LogP contribution in [0.1, 0.15) is 61.9 Å². The van der Waals surface area contributed by atoms with Crippen molar-refractivity contribution in [3.8, 4) is 0 Å². The van der Waals surface area contributed by atoms with Gasteiger partial charge in [-0.25, -0.2) is 14.6 Å². The van der Waals surface area contributed by atoms with E-state index in [1.807, 2.05) is 11.1 Å². The normalized spacial score (nSPS) is 19.6. The summed E-state index contributed by atoms with van der Waals surface area (Å²) in [6.45, 7) is 6.23. The van der Waals surface area contributed by atoms with Crippen LogP contribution in [-0.4, -0.2) is 41.0 Å². The maximum absolute atomic E-state index is 13.1. The molecule has 1 atom stereocenters. The molecular weight excluding hydrogens is 318 g/mol. The van der Waals surface area contributed by atoms with E-state index in [-0.39, 0.29) is 11.8 Å². The molecule has 2 aromatic rings. The average Bonchev–Trinajstić information content (AvgIpc) is 3.16. The van der Waals surface area contributed by atoms with Crippen LogP contribution in [0.2, 0.25) is 0 Å². The van der Waals surface area contributed by atoms with Gasteiger partial charge in [0, 0.05) is 31.3 Å². The van der Waals surface area contributed by atoms with Gasteiger partial charge in [-0.15, -0.1) is 5.10 Å². The molecule has 4 rings (SSSR count). The van der Waals surface area contributed by atoms with Crippen LogP contribution in [0.5, 0.6) is 0 Å². The van der Waals surface area contributed by atoms with Crippen molar-refractivity contribution < 1.29 is 4.79 Å². The number of rotatable bonds is 3. The number of aromatic nitrogens is 6. The molecule has 0 spiro atoms. The topological polar surface area (TPSA) is 89.7 Å². The minimum Gasteiger partial charge on any atom is -0.332 e. The van der Waals surface area contributed by atoms with Crippen LogP contribution in [0.15, 0.2) is 6.20 Å². The van der Waals surface area contributed by atoms with E-state index in [9.17, 15) is 4.79 Å². The minimum atomic E-state index is -0.255. The number of carbonyl (C=O) groups is 1. The van der Waals surface area contributed by atoms with E-state index in [0.717, 1.165) is 49.3 Å². The van der Waals surface area contributed by atoms with E-state index in [0.29, 0.717) is 24.8 Å². The van der Waals surface area contributed by atoms with Gasteiger partial charge in [0.15, 0.2) is 5.82 Å². The Morgan fingerprint density at radius 3 is 3.04 bits per heavy atom. The molecule has 0 bridgehead atoms. The van der Waals surface area contributed by atoms with Crippen molar-refractivity contribution in [3.63, 3.8) is 0 Å². The number of hydrogen-bond donors (Lipinski definition) is 0. The van der Waals surface area contributed by atoms with Crippen molar-refractivity contribution in [1.29, 1.82) is 0 Å². The number of carbonyl (C=O) groups excluding carboxylic acids is 1. The van der Waals surface area contributed by atoms with Gasteiger partial charge in [-0.05, 0) is 29.2 Å². The molecule has 0 fully saturated rings. The van der Waals surface area contributed by atoms with Gasteiger partial charge in [-0.3, -0.25) is 4.79 Å². The first-order valence-corrected chi connectivity index (χ1v) is 9.00. The molecule has 2 aromatic heterocycles. The second kappa shape index (κ2) is 6.50. The van der Waals surface area contributed by atoms with Crippen LogP contribution < -0.4 is 0 Å². The lowest BCUT2D eigenvalue weighted by Crippen LogP contribution is -2.32. The first-order valence-electron chi connectivity index (χ1n) is 9.00. The fourth-order valence-corrected chi connectivity index (χ4v) is 3.63. The predicted octanol–water partition coefficient (Wildman–Crippen LogP) is 1.47. The van der Waals surface area contributed by atoms with Gasteiger partial charge in [0.1, 0.15) is 5.82 Å². The molecule has 2 aliphatic rings. The Morgan fingerprint density at radius 1 is 1.32 bits per heavy atom. The third-order valence-corrected chi connectivity index (χ3v) is 4.89. The largest absolute Gasteiger partial charge is 0.332 e.